The minimum Gasteiger partial charge on any atom is -0.371 e. The summed E-state index contributed by atoms with van der Waals surface area (Å²) in [7, 11) is 1.98. The first-order valence-electron chi connectivity index (χ1n) is 8.99. The monoisotopic (exact) mass is 313 g/mol. The minimum atomic E-state index is 1.11. The zero-order chi connectivity index (χ0) is 16.8. The molecule has 1 aliphatic rings. The predicted molar refractivity (Wildman–Crippen MR) is 100 cm³/mol. The van der Waals surface area contributed by atoms with Crippen LogP contribution in [0.25, 0.3) is 11.1 Å². The van der Waals surface area contributed by atoms with E-state index in [1.54, 1.807) is 0 Å². The Morgan fingerprint density at radius 3 is 2.52 bits per heavy atom. The van der Waals surface area contributed by atoms with Crippen LogP contribution in [0.15, 0.2) is 24.4 Å². The molecule has 0 unspecified atom stereocenters. The van der Waals surface area contributed by atoms with Crippen molar-refractivity contribution in [3.05, 3.63) is 35.7 Å². The lowest BCUT2D eigenvalue weighted by Crippen LogP contribution is -2.29. The molecule has 1 aliphatic heterocycles. The fraction of sp³-hybridized carbons (Fsp3) is 0.550. The van der Waals surface area contributed by atoms with E-state index in [1.165, 1.54) is 54.6 Å². The Bertz CT molecular complexity index is 628. The van der Waals surface area contributed by atoms with E-state index in [0.717, 1.165) is 12.2 Å². The summed E-state index contributed by atoms with van der Waals surface area (Å²) in [4.78, 5) is 2.53. The summed E-state index contributed by atoms with van der Waals surface area (Å²) in [5, 5.41) is 4.45. The van der Waals surface area contributed by atoms with Crippen molar-refractivity contribution in [2.45, 2.75) is 53.4 Å². The van der Waals surface area contributed by atoms with E-state index in [4.69, 9.17) is 0 Å². The number of aryl methyl sites for hydroxylation is 3. The molecule has 0 bridgehead atoms. The number of nitrogens with zero attached hydrogens (tertiary/aromatic N) is 3. The lowest BCUT2D eigenvalue weighted by atomic mass is 9.96. The SMILES string of the molecule is CCC.CCCN1CCCc2cc(-c3cn(C)nc3C)ccc21. The first-order chi connectivity index (χ1) is 11.1. The van der Waals surface area contributed by atoms with Crippen LogP contribution in [-0.2, 0) is 13.5 Å². The number of rotatable bonds is 3. The quantitative estimate of drug-likeness (QED) is 0.797. The van der Waals surface area contributed by atoms with Crippen molar-refractivity contribution in [3.8, 4) is 11.1 Å². The summed E-state index contributed by atoms with van der Waals surface area (Å²) in [6.07, 6.45) is 7.04. The van der Waals surface area contributed by atoms with Gasteiger partial charge in [-0.2, -0.15) is 5.10 Å². The van der Waals surface area contributed by atoms with E-state index < -0.39 is 0 Å². The number of fused-ring (bicyclic) bond motifs is 1. The summed E-state index contributed by atoms with van der Waals surface area (Å²) in [6.45, 7) is 10.9. The van der Waals surface area contributed by atoms with Crippen LogP contribution in [0.3, 0.4) is 0 Å². The van der Waals surface area contributed by atoms with Crippen LogP contribution in [0, 0.1) is 6.92 Å². The predicted octanol–water partition coefficient (Wildman–Crippen LogP) is 4.97. The lowest BCUT2D eigenvalue weighted by molar-refractivity contribution is 0.681. The molecule has 0 saturated heterocycles. The molecular weight excluding hydrogens is 282 g/mol. The van der Waals surface area contributed by atoms with Crippen LogP contribution in [0.5, 0.6) is 0 Å². The number of hydrogen-bond donors (Lipinski definition) is 0. The van der Waals surface area contributed by atoms with Crippen molar-refractivity contribution in [2.75, 3.05) is 18.0 Å². The first kappa shape index (κ1) is 17.6. The second-order valence-electron chi connectivity index (χ2n) is 6.44. The number of anilines is 1. The molecule has 0 N–H and O–H groups in total. The first-order valence-corrected chi connectivity index (χ1v) is 8.99. The highest BCUT2D eigenvalue weighted by Gasteiger charge is 2.17. The number of hydrogen-bond acceptors (Lipinski definition) is 2. The molecule has 0 radical (unpaired) electrons. The molecule has 3 rings (SSSR count). The van der Waals surface area contributed by atoms with Crippen molar-refractivity contribution < 1.29 is 0 Å². The number of aromatic nitrogens is 2. The van der Waals surface area contributed by atoms with Crippen molar-refractivity contribution in [1.82, 2.24) is 9.78 Å². The standard InChI is InChI=1S/C17H23N3.C3H8/c1-4-9-20-10-5-6-15-11-14(7-8-17(15)20)16-12-19(3)18-13(16)2;1-3-2/h7-8,11-12H,4-6,9-10H2,1-3H3;3H2,1-2H3. The Kier molecular flexibility index (Phi) is 6.26. The van der Waals surface area contributed by atoms with Gasteiger partial charge in [-0.15, -0.1) is 0 Å². The highest BCUT2D eigenvalue weighted by Crippen LogP contribution is 2.32. The van der Waals surface area contributed by atoms with Gasteiger partial charge in [0.25, 0.3) is 0 Å². The molecule has 0 spiro atoms. The normalized spacial score (nSPS) is 13.3. The Balaban J connectivity index is 0.000000595. The second-order valence-corrected chi connectivity index (χ2v) is 6.44. The van der Waals surface area contributed by atoms with Crippen molar-refractivity contribution >= 4 is 5.69 Å². The molecule has 0 fully saturated rings. The molecule has 2 aromatic rings. The molecule has 3 nitrogen and oxygen atoms in total. The lowest BCUT2D eigenvalue weighted by Gasteiger charge is -2.31. The van der Waals surface area contributed by atoms with E-state index in [2.05, 4.69) is 62.1 Å². The molecule has 0 amide bonds. The highest BCUT2D eigenvalue weighted by atomic mass is 15.2. The van der Waals surface area contributed by atoms with E-state index in [1.807, 2.05) is 11.7 Å². The maximum atomic E-state index is 4.45. The molecular formula is C20H31N3. The third-order valence-electron chi connectivity index (χ3n) is 4.11. The topological polar surface area (TPSA) is 21.1 Å². The third kappa shape index (κ3) is 4.15. The van der Waals surface area contributed by atoms with E-state index in [-0.39, 0.29) is 0 Å². The average Bonchev–Trinajstić information content (AvgIpc) is 2.87. The largest absolute Gasteiger partial charge is 0.371 e. The number of benzene rings is 1. The van der Waals surface area contributed by atoms with Crippen molar-refractivity contribution in [3.63, 3.8) is 0 Å². The molecule has 1 aromatic heterocycles. The average molecular weight is 313 g/mol. The maximum Gasteiger partial charge on any atom is 0.0671 e. The molecule has 0 atom stereocenters. The van der Waals surface area contributed by atoms with Gasteiger partial charge < -0.3 is 4.90 Å². The summed E-state index contributed by atoms with van der Waals surface area (Å²) in [6, 6.07) is 6.91. The molecule has 1 aromatic carbocycles. The second kappa shape index (κ2) is 8.19. The smallest absolute Gasteiger partial charge is 0.0671 e. The van der Waals surface area contributed by atoms with Gasteiger partial charge >= 0.3 is 0 Å². The summed E-state index contributed by atoms with van der Waals surface area (Å²) in [5.41, 5.74) is 6.58. The van der Waals surface area contributed by atoms with E-state index >= 15 is 0 Å². The van der Waals surface area contributed by atoms with Crippen LogP contribution in [0.2, 0.25) is 0 Å². The molecule has 3 heteroatoms. The third-order valence-corrected chi connectivity index (χ3v) is 4.11. The van der Waals surface area contributed by atoms with Gasteiger partial charge in [0.1, 0.15) is 0 Å². The summed E-state index contributed by atoms with van der Waals surface area (Å²) < 4.78 is 1.90. The van der Waals surface area contributed by atoms with Gasteiger partial charge in [0.15, 0.2) is 0 Å². The fourth-order valence-electron chi connectivity index (χ4n) is 3.23. The van der Waals surface area contributed by atoms with Crippen LogP contribution < -0.4 is 4.90 Å². The molecule has 0 saturated carbocycles. The van der Waals surface area contributed by atoms with E-state index in [9.17, 15) is 0 Å². The van der Waals surface area contributed by atoms with Gasteiger partial charge in [-0.3, -0.25) is 4.68 Å². The van der Waals surface area contributed by atoms with Crippen LogP contribution >= 0.6 is 0 Å². The Hall–Kier alpha value is -1.77. The maximum absolute atomic E-state index is 4.45. The zero-order valence-electron chi connectivity index (χ0n) is 15.4. The van der Waals surface area contributed by atoms with Gasteiger partial charge in [-0.05, 0) is 49.4 Å². The van der Waals surface area contributed by atoms with Gasteiger partial charge in [0, 0.05) is 37.6 Å². The zero-order valence-corrected chi connectivity index (χ0v) is 15.4. The van der Waals surface area contributed by atoms with Gasteiger partial charge in [0.2, 0.25) is 0 Å². The molecule has 23 heavy (non-hydrogen) atoms. The van der Waals surface area contributed by atoms with Crippen molar-refractivity contribution in [1.29, 1.82) is 0 Å². The van der Waals surface area contributed by atoms with Gasteiger partial charge in [-0.25, -0.2) is 0 Å². The summed E-state index contributed by atoms with van der Waals surface area (Å²) in [5.74, 6) is 0. The Morgan fingerprint density at radius 2 is 1.91 bits per heavy atom. The molecule has 126 valence electrons. The Labute approximate surface area is 141 Å². The Morgan fingerprint density at radius 1 is 1.17 bits per heavy atom. The molecule has 2 heterocycles. The van der Waals surface area contributed by atoms with Gasteiger partial charge in [0.05, 0.1) is 5.69 Å². The molecule has 0 aliphatic carbocycles. The van der Waals surface area contributed by atoms with Gasteiger partial charge in [-0.1, -0.05) is 33.3 Å². The summed E-state index contributed by atoms with van der Waals surface area (Å²) >= 11 is 0. The fourth-order valence-corrected chi connectivity index (χ4v) is 3.23. The van der Waals surface area contributed by atoms with Crippen LogP contribution in [0.4, 0.5) is 5.69 Å². The highest BCUT2D eigenvalue weighted by molar-refractivity contribution is 5.70. The van der Waals surface area contributed by atoms with E-state index in [0.29, 0.717) is 0 Å². The van der Waals surface area contributed by atoms with Crippen molar-refractivity contribution in [2.24, 2.45) is 7.05 Å². The van der Waals surface area contributed by atoms with Crippen LogP contribution in [0.1, 0.15) is 51.3 Å². The van der Waals surface area contributed by atoms with Crippen LogP contribution in [-0.4, -0.2) is 22.9 Å². The minimum absolute atomic E-state index is 1.11.